The average molecular weight is 524 g/mol. The zero-order chi connectivity index (χ0) is 26.1. The molecule has 6 heteroatoms. The van der Waals surface area contributed by atoms with Crippen molar-refractivity contribution < 1.29 is 18.5 Å². The molecule has 1 aromatic carbocycles. The van der Waals surface area contributed by atoms with Crippen LogP contribution in [0.4, 0.5) is 0 Å². The summed E-state index contributed by atoms with van der Waals surface area (Å²) in [6, 6.07) is 10.5. The van der Waals surface area contributed by atoms with E-state index in [1.54, 1.807) is 0 Å². The normalized spacial score (nSPS) is 17.3. The number of phosphoric acid groups is 1. The minimum Gasteiger partial charge on any atom is -0.302 e. The Kier molecular flexibility index (Phi) is 15.5. The second-order valence-corrected chi connectivity index (χ2v) is 12.5. The quantitative estimate of drug-likeness (QED) is 0.136. The predicted octanol–water partition coefficient (Wildman–Crippen LogP) is 9.00. The second-order valence-electron chi connectivity index (χ2n) is 11.1. The summed E-state index contributed by atoms with van der Waals surface area (Å²) in [7, 11) is -3.98. The van der Waals surface area contributed by atoms with Crippen LogP contribution in [0.25, 0.3) is 0 Å². The summed E-state index contributed by atoms with van der Waals surface area (Å²) >= 11 is 0. The van der Waals surface area contributed by atoms with Crippen molar-refractivity contribution in [2.45, 2.75) is 135 Å². The molecule has 2 rings (SSSR count). The summed E-state index contributed by atoms with van der Waals surface area (Å²) in [6.07, 6.45) is 19.3. The fourth-order valence-electron chi connectivity index (χ4n) is 5.24. The van der Waals surface area contributed by atoms with Crippen LogP contribution >= 0.6 is 7.82 Å². The van der Waals surface area contributed by atoms with Crippen molar-refractivity contribution in [3.05, 3.63) is 35.9 Å². The molecule has 0 spiro atoms. The van der Waals surface area contributed by atoms with Crippen LogP contribution in [0.1, 0.15) is 129 Å². The van der Waals surface area contributed by atoms with Gasteiger partial charge in [0.1, 0.15) is 0 Å². The number of hydrogen-bond acceptors (Lipinski definition) is 4. The summed E-state index contributed by atoms with van der Waals surface area (Å²) in [5.41, 5.74) is 1.22. The highest BCUT2D eigenvalue weighted by molar-refractivity contribution is 7.47. The molecule has 36 heavy (non-hydrogen) atoms. The second kappa shape index (κ2) is 17.7. The molecule has 1 aliphatic heterocycles. The van der Waals surface area contributed by atoms with Crippen molar-refractivity contribution in [3.8, 4) is 0 Å². The Hall–Kier alpha value is -0.710. The van der Waals surface area contributed by atoms with Gasteiger partial charge in [-0.1, -0.05) is 121 Å². The van der Waals surface area contributed by atoms with E-state index >= 15 is 0 Å². The number of piperidine rings is 1. The first kappa shape index (κ1) is 31.5. The van der Waals surface area contributed by atoms with Crippen LogP contribution in [0.5, 0.6) is 0 Å². The molecule has 1 aromatic rings. The van der Waals surface area contributed by atoms with Gasteiger partial charge in [0.05, 0.1) is 12.7 Å². The molecular formula is C30H54NO4P. The van der Waals surface area contributed by atoms with Gasteiger partial charge in [-0.2, -0.15) is 0 Å². The van der Waals surface area contributed by atoms with E-state index in [4.69, 9.17) is 9.05 Å². The summed E-state index contributed by atoms with van der Waals surface area (Å²) in [5, 5.41) is 0. The van der Waals surface area contributed by atoms with Crippen LogP contribution in [0.3, 0.4) is 0 Å². The van der Waals surface area contributed by atoms with Gasteiger partial charge in [-0.15, -0.1) is 0 Å². The molecular weight excluding hydrogens is 469 g/mol. The first-order chi connectivity index (χ1) is 17.3. The molecule has 0 saturated carbocycles. The molecule has 0 amide bonds. The third-order valence-corrected chi connectivity index (χ3v) is 8.82. The molecule has 1 atom stereocenters. The molecule has 5 nitrogen and oxygen atoms in total. The van der Waals surface area contributed by atoms with Gasteiger partial charge in [-0.05, 0) is 38.7 Å². The molecule has 1 saturated heterocycles. The molecule has 1 aliphatic rings. The van der Waals surface area contributed by atoms with Gasteiger partial charge >= 0.3 is 7.82 Å². The number of nitrogens with zero attached hydrogens (tertiary/aromatic N) is 1. The maximum absolute atomic E-state index is 12.4. The first-order valence-corrected chi connectivity index (χ1v) is 16.3. The Balaban J connectivity index is 1.47. The number of hydrogen-bond donors (Lipinski definition) is 1. The SMILES string of the molecule is CCCCCCCCCCCCCCCCOP(=O)(O)OC1CCN(C(C)(C)c2ccccc2)CC1. The first-order valence-electron chi connectivity index (χ1n) is 14.8. The number of unbranched alkanes of at least 4 members (excludes halogenated alkanes) is 13. The molecule has 1 heterocycles. The number of benzene rings is 1. The largest absolute Gasteiger partial charge is 0.472 e. The molecule has 0 radical (unpaired) electrons. The van der Waals surface area contributed by atoms with Crippen molar-refractivity contribution >= 4 is 7.82 Å². The van der Waals surface area contributed by atoms with E-state index in [1.807, 2.05) is 6.07 Å². The number of likely N-dealkylation sites (tertiary alicyclic amines) is 1. The van der Waals surface area contributed by atoms with Crippen LogP contribution < -0.4 is 0 Å². The Morgan fingerprint density at radius 1 is 0.833 bits per heavy atom. The van der Waals surface area contributed by atoms with E-state index in [-0.39, 0.29) is 11.6 Å². The highest BCUT2D eigenvalue weighted by Crippen LogP contribution is 2.46. The summed E-state index contributed by atoms with van der Waals surface area (Å²) in [6.45, 7) is 8.72. The smallest absolute Gasteiger partial charge is 0.302 e. The van der Waals surface area contributed by atoms with E-state index in [9.17, 15) is 9.46 Å². The third-order valence-electron chi connectivity index (χ3n) is 7.75. The lowest BCUT2D eigenvalue weighted by atomic mass is 9.90. The highest BCUT2D eigenvalue weighted by Gasteiger charge is 2.35. The molecule has 0 bridgehead atoms. The van der Waals surface area contributed by atoms with Crippen molar-refractivity contribution in [2.24, 2.45) is 0 Å². The molecule has 1 unspecified atom stereocenters. The van der Waals surface area contributed by atoms with Crippen molar-refractivity contribution in [1.29, 1.82) is 0 Å². The van der Waals surface area contributed by atoms with Gasteiger partial charge in [-0.3, -0.25) is 13.9 Å². The number of rotatable bonds is 20. The Bertz CT molecular complexity index is 719. The fraction of sp³-hybridized carbons (Fsp3) is 0.800. The van der Waals surface area contributed by atoms with E-state index in [2.05, 4.69) is 49.9 Å². The molecule has 0 aromatic heterocycles. The van der Waals surface area contributed by atoms with Gasteiger partial charge in [0.2, 0.25) is 0 Å². The molecule has 1 N–H and O–H groups in total. The average Bonchev–Trinajstić information content (AvgIpc) is 2.87. The van der Waals surface area contributed by atoms with E-state index in [1.165, 1.54) is 82.6 Å². The van der Waals surface area contributed by atoms with Crippen LogP contribution in [0.15, 0.2) is 30.3 Å². The summed E-state index contributed by atoms with van der Waals surface area (Å²) in [4.78, 5) is 12.6. The van der Waals surface area contributed by atoms with Crippen LogP contribution in [-0.2, 0) is 19.2 Å². The Morgan fingerprint density at radius 3 is 1.81 bits per heavy atom. The van der Waals surface area contributed by atoms with Crippen LogP contribution in [-0.4, -0.2) is 35.6 Å². The lowest BCUT2D eigenvalue weighted by molar-refractivity contribution is 0.0205. The van der Waals surface area contributed by atoms with Gasteiger partial charge in [0, 0.05) is 18.6 Å². The summed E-state index contributed by atoms with van der Waals surface area (Å²) in [5.74, 6) is 0. The van der Waals surface area contributed by atoms with Crippen LogP contribution in [0.2, 0.25) is 0 Å². The van der Waals surface area contributed by atoms with E-state index < -0.39 is 7.82 Å². The topological polar surface area (TPSA) is 59.0 Å². The van der Waals surface area contributed by atoms with Gasteiger partial charge in [0.15, 0.2) is 0 Å². The monoisotopic (exact) mass is 523 g/mol. The van der Waals surface area contributed by atoms with Gasteiger partial charge < -0.3 is 4.89 Å². The minimum absolute atomic E-state index is 0.0699. The lowest BCUT2D eigenvalue weighted by Crippen LogP contribution is -2.47. The van der Waals surface area contributed by atoms with E-state index in [0.717, 1.165) is 38.8 Å². The Labute approximate surface area is 222 Å². The predicted molar refractivity (Wildman–Crippen MR) is 151 cm³/mol. The zero-order valence-electron chi connectivity index (χ0n) is 23.5. The highest BCUT2D eigenvalue weighted by atomic mass is 31.2. The maximum Gasteiger partial charge on any atom is 0.472 e. The van der Waals surface area contributed by atoms with Crippen LogP contribution in [0, 0.1) is 0 Å². The van der Waals surface area contributed by atoms with Crippen molar-refractivity contribution in [2.75, 3.05) is 19.7 Å². The van der Waals surface area contributed by atoms with Gasteiger partial charge in [0.25, 0.3) is 0 Å². The lowest BCUT2D eigenvalue weighted by Gasteiger charge is -2.43. The van der Waals surface area contributed by atoms with Gasteiger partial charge in [-0.25, -0.2) is 4.57 Å². The maximum atomic E-state index is 12.4. The van der Waals surface area contributed by atoms with Crippen molar-refractivity contribution in [3.63, 3.8) is 0 Å². The minimum atomic E-state index is -3.98. The third kappa shape index (κ3) is 12.7. The van der Waals surface area contributed by atoms with E-state index in [0.29, 0.717) is 6.61 Å². The molecule has 208 valence electrons. The Morgan fingerprint density at radius 2 is 1.31 bits per heavy atom. The van der Waals surface area contributed by atoms with Crippen molar-refractivity contribution in [1.82, 2.24) is 4.90 Å². The summed E-state index contributed by atoms with van der Waals surface area (Å²) < 4.78 is 23.2. The standard InChI is InChI=1S/C30H54NO4P/c1-4-5-6-7-8-9-10-11-12-13-14-15-16-20-27-34-36(32,33)35-29-23-25-31(26-24-29)30(2,3)28-21-18-17-19-22-28/h17-19,21-22,29H,4-16,20,23-27H2,1-3H3,(H,32,33). The zero-order valence-corrected chi connectivity index (χ0v) is 24.4. The fourth-order valence-corrected chi connectivity index (χ4v) is 6.25. The molecule has 0 aliphatic carbocycles. The number of phosphoric ester groups is 1. The molecule has 1 fully saturated rings.